The number of rotatable bonds is 3. The molecule has 2 aliphatic heterocycles. The summed E-state index contributed by atoms with van der Waals surface area (Å²) in [5.74, 6) is 0. The van der Waals surface area contributed by atoms with E-state index in [2.05, 4.69) is 4.98 Å². The van der Waals surface area contributed by atoms with E-state index in [1.54, 1.807) is 12.3 Å². The van der Waals surface area contributed by atoms with Crippen LogP contribution in [-0.2, 0) is 24.1 Å². The van der Waals surface area contributed by atoms with Gasteiger partial charge in [-0.15, -0.1) is 0 Å². The molecule has 1 aromatic rings. The van der Waals surface area contributed by atoms with Crippen molar-refractivity contribution in [2.45, 2.75) is 43.8 Å². The first kappa shape index (κ1) is 17.8. The highest BCUT2D eigenvalue weighted by atomic mass is 32.2. The predicted molar refractivity (Wildman–Crippen MR) is 89.5 cm³/mol. The molecule has 0 bridgehead atoms. The van der Waals surface area contributed by atoms with Crippen molar-refractivity contribution in [3.8, 4) is 0 Å². The van der Waals surface area contributed by atoms with E-state index in [-0.39, 0.29) is 4.90 Å². The maximum Gasteiger partial charge on any atom is 0.496 e. The van der Waals surface area contributed by atoms with Crippen molar-refractivity contribution in [2.75, 3.05) is 26.3 Å². The van der Waals surface area contributed by atoms with E-state index >= 15 is 0 Å². The summed E-state index contributed by atoms with van der Waals surface area (Å²) in [7, 11) is -4.23. The Hall–Kier alpha value is -0.995. The van der Waals surface area contributed by atoms with Gasteiger partial charge in [0.15, 0.2) is 0 Å². The zero-order valence-electron chi connectivity index (χ0n) is 14.5. The number of ether oxygens (including phenoxy) is 1. The fraction of sp³-hybridized carbons (Fsp3) is 0.667. The molecule has 3 rings (SSSR count). The molecule has 9 heteroatoms. The Balaban J connectivity index is 1.88. The van der Waals surface area contributed by atoms with Crippen LogP contribution < -0.4 is 5.46 Å². The third-order valence-electron chi connectivity index (χ3n) is 4.87. The van der Waals surface area contributed by atoms with E-state index in [9.17, 15) is 8.42 Å². The Morgan fingerprint density at radius 3 is 2.25 bits per heavy atom. The van der Waals surface area contributed by atoms with E-state index in [0.717, 1.165) is 0 Å². The fourth-order valence-electron chi connectivity index (χ4n) is 2.62. The maximum absolute atomic E-state index is 12.8. The van der Waals surface area contributed by atoms with E-state index in [0.29, 0.717) is 31.8 Å². The average molecular weight is 354 g/mol. The molecule has 0 amide bonds. The van der Waals surface area contributed by atoms with Gasteiger partial charge in [-0.1, -0.05) is 0 Å². The summed E-state index contributed by atoms with van der Waals surface area (Å²) >= 11 is 0. The topological polar surface area (TPSA) is 78.0 Å². The Kier molecular flexibility index (Phi) is 4.50. The number of hydrogen-bond acceptors (Lipinski definition) is 6. The van der Waals surface area contributed by atoms with Crippen LogP contribution in [0.3, 0.4) is 0 Å². The molecule has 0 saturated carbocycles. The number of aromatic nitrogens is 1. The summed E-state index contributed by atoms with van der Waals surface area (Å²) in [6, 6.07) is 1.58. The molecule has 1 aromatic heterocycles. The molecule has 0 radical (unpaired) electrons. The quantitative estimate of drug-likeness (QED) is 0.732. The number of morpholine rings is 1. The first-order chi connectivity index (χ1) is 11.1. The number of nitrogens with zero attached hydrogens (tertiary/aromatic N) is 2. The summed E-state index contributed by atoms with van der Waals surface area (Å²) in [5.41, 5.74) is -0.379. The van der Waals surface area contributed by atoms with E-state index < -0.39 is 28.3 Å². The molecule has 2 saturated heterocycles. The van der Waals surface area contributed by atoms with Crippen molar-refractivity contribution in [1.82, 2.24) is 9.29 Å². The molecular formula is C15H23BN2O5S. The number of hydrogen-bond donors (Lipinski definition) is 0. The minimum Gasteiger partial charge on any atom is -0.399 e. The van der Waals surface area contributed by atoms with Gasteiger partial charge in [-0.3, -0.25) is 4.98 Å². The second-order valence-electron chi connectivity index (χ2n) is 7.06. The predicted octanol–water partition coefficient (Wildman–Crippen LogP) is 0.402. The number of pyridine rings is 1. The normalized spacial score (nSPS) is 24.2. The molecule has 0 N–H and O–H groups in total. The SMILES string of the molecule is CC1(C)OB(c2cncc(S(=O)(=O)N3CCOCC3)c2)OC1(C)C. The molecule has 2 aliphatic rings. The van der Waals surface area contributed by atoms with Crippen molar-refractivity contribution in [3.63, 3.8) is 0 Å². The van der Waals surface area contributed by atoms with Crippen LogP contribution in [0, 0.1) is 0 Å². The molecule has 24 heavy (non-hydrogen) atoms. The molecule has 0 aliphatic carbocycles. The Morgan fingerprint density at radius 2 is 1.67 bits per heavy atom. The van der Waals surface area contributed by atoms with Crippen LogP contribution in [0.15, 0.2) is 23.4 Å². The minimum atomic E-state index is -3.59. The molecule has 0 aromatic carbocycles. The minimum absolute atomic E-state index is 0.150. The van der Waals surface area contributed by atoms with Gasteiger partial charge < -0.3 is 14.0 Å². The number of sulfonamides is 1. The second-order valence-corrected chi connectivity index (χ2v) is 9.00. The first-order valence-corrected chi connectivity index (χ1v) is 9.46. The average Bonchev–Trinajstić information content (AvgIpc) is 2.76. The third-order valence-corrected chi connectivity index (χ3v) is 6.73. The van der Waals surface area contributed by atoms with Gasteiger partial charge >= 0.3 is 7.12 Å². The molecule has 0 spiro atoms. The fourth-order valence-corrected chi connectivity index (χ4v) is 4.03. The third kappa shape index (κ3) is 3.11. The summed E-state index contributed by atoms with van der Waals surface area (Å²) in [6.07, 6.45) is 2.94. The van der Waals surface area contributed by atoms with Gasteiger partial charge in [0.2, 0.25) is 10.0 Å². The van der Waals surface area contributed by atoms with E-state index in [4.69, 9.17) is 14.0 Å². The lowest BCUT2D eigenvalue weighted by Crippen LogP contribution is -2.41. The lowest BCUT2D eigenvalue weighted by atomic mass is 9.80. The highest BCUT2D eigenvalue weighted by Gasteiger charge is 2.52. The summed E-state index contributed by atoms with van der Waals surface area (Å²) in [4.78, 5) is 4.24. The monoisotopic (exact) mass is 354 g/mol. The molecule has 2 fully saturated rings. The molecule has 3 heterocycles. The lowest BCUT2D eigenvalue weighted by Gasteiger charge is -2.32. The summed E-state index contributed by atoms with van der Waals surface area (Å²) < 4.78 is 44.1. The maximum atomic E-state index is 12.8. The van der Waals surface area contributed by atoms with Gasteiger partial charge in [0.25, 0.3) is 0 Å². The highest BCUT2D eigenvalue weighted by Crippen LogP contribution is 2.36. The molecule has 132 valence electrons. The van der Waals surface area contributed by atoms with Crippen LogP contribution in [0.1, 0.15) is 27.7 Å². The van der Waals surface area contributed by atoms with Crippen LogP contribution in [0.2, 0.25) is 0 Å². The van der Waals surface area contributed by atoms with Crippen LogP contribution in [0.25, 0.3) is 0 Å². The van der Waals surface area contributed by atoms with Gasteiger partial charge in [0, 0.05) is 30.9 Å². The molecular weight excluding hydrogens is 331 g/mol. The van der Waals surface area contributed by atoms with Crippen molar-refractivity contribution < 1.29 is 22.5 Å². The van der Waals surface area contributed by atoms with E-state index in [1.165, 1.54) is 10.5 Å². The van der Waals surface area contributed by atoms with Crippen molar-refractivity contribution >= 4 is 22.6 Å². The summed E-state index contributed by atoms with van der Waals surface area (Å²) in [5, 5.41) is 0. The van der Waals surface area contributed by atoms with Crippen molar-refractivity contribution in [3.05, 3.63) is 18.5 Å². The Bertz CT molecular complexity index is 700. The second kappa shape index (κ2) is 6.07. The van der Waals surface area contributed by atoms with Gasteiger partial charge in [0.1, 0.15) is 4.90 Å². The van der Waals surface area contributed by atoms with Gasteiger partial charge in [-0.05, 0) is 33.8 Å². The van der Waals surface area contributed by atoms with Gasteiger partial charge in [-0.2, -0.15) is 4.31 Å². The molecule has 0 atom stereocenters. The van der Waals surface area contributed by atoms with Gasteiger partial charge in [0.05, 0.1) is 24.4 Å². The standard InChI is InChI=1S/C15H23BN2O5S/c1-14(2)15(3,4)23-16(22-14)12-9-13(11-17-10-12)24(19,20)18-5-7-21-8-6-18/h9-11H,5-8H2,1-4H3. The Labute approximate surface area is 143 Å². The van der Waals surface area contributed by atoms with Gasteiger partial charge in [-0.25, -0.2) is 8.42 Å². The van der Waals surface area contributed by atoms with Crippen molar-refractivity contribution in [1.29, 1.82) is 0 Å². The lowest BCUT2D eigenvalue weighted by molar-refractivity contribution is 0.00578. The van der Waals surface area contributed by atoms with Crippen molar-refractivity contribution in [2.24, 2.45) is 0 Å². The van der Waals surface area contributed by atoms with E-state index in [1.807, 2.05) is 27.7 Å². The summed E-state index contributed by atoms with van der Waals surface area (Å²) in [6.45, 7) is 9.33. The first-order valence-electron chi connectivity index (χ1n) is 8.02. The van der Waals surface area contributed by atoms with Crippen LogP contribution in [-0.4, -0.2) is 62.3 Å². The highest BCUT2D eigenvalue weighted by molar-refractivity contribution is 7.89. The van der Waals surface area contributed by atoms with Crippen LogP contribution in [0.5, 0.6) is 0 Å². The smallest absolute Gasteiger partial charge is 0.399 e. The zero-order valence-corrected chi connectivity index (χ0v) is 15.3. The largest absolute Gasteiger partial charge is 0.496 e. The zero-order chi connectivity index (χ0) is 17.6. The molecule has 0 unspecified atom stereocenters. The van der Waals surface area contributed by atoms with Crippen LogP contribution in [0.4, 0.5) is 0 Å². The van der Waals surface area contributed by atoms with Crippen LogP contribution >= 0.6 is 0 Å². The Morgan fingerprint density at radius 1 is 1.08 bits per heavy atom. The molecule has 7 nitrogen and oxygen atoms in total.